The van der Waals surface area contributed by atoms with E-state index in [1.807, 2.05) is 6.08 Å². The van der Waals surface area contributed by atoms with Crippen molar-refractivity contribution in [3.63, 3.8) is 0 Å². The van der Waals surface area contributed by atoms with Gasteiger partial charge in [-0.2, -0.15) is 0 Å². The lowest BCUT2D eigenvalue weighted by atomic mass is 9.88. The predicted octanol–water partition coefficient (Wildman–Crippen LogP) is 3.58. The molecule has 19 heavy (non-hydrogen) atoms. The Bertz CT molecular complexity index is 546. The zero-order chi connectivity index (χ0) is 13.8. The van der Waals surface area contributed by atoms with Crippen LogP contribution in [0.2, 0.25) is 0 Å². The van der Waals surface area contributed by atoms with Crippen LogP contribution in [-0.4, -0.2) is 5.78 Å². The van der Waals surface area contributed by atoms with E-state index in [1.54, 1.807) is 26.0 Å². The Balaban J connectivity index is 2.16. The minimum Gasteiger partial charge on any atom is -0.428 e. The SMILES string of the molecule is Cc1cc(C)c(C(=O)/C=C/C2CCCCC2)c(=O)o1. The van der Waals surface area contributed by atoms with E-state index in [2.05, 4.69) is 0 Å². The van der Waals surface area contributed by atoms with Gasteiger partial charge in [-0.3, -0.25) is 4.79 Å². The van der Waals surface area contributed by atoms with E-state index in [0.717, 1.165) is 12.8 Å². The number of carbonyl (C=O) groups is 1. The van der Waals surface area contributed by atoms with E-state index in [4.69, 9.17) is 4.42 Å². The second-order valence-electron chi connectivity index (χ2n) is 5.32. The molecule has 0 unspecified atom stereocenters. The molecular formula is C16H20O3. The average Bonchev–Trinajstić information content (AvgIpc) is 2.36. The molecule has 102 valence electrons. The van der Waals surface area contributed by atoms with E-state index in [-0.39, 0.29) is 11.3 Å². The number of ketones is 1. The Morgan fingerprint density at radius 1 is 1.26 bits per heavy atom. The highest BCUT2D eigenvalue weighted by Crippen LogP contribution is 2.24. The summed E-state index contributed by atoms with van der Waals surface area (Å²) in [5, 5.41) is 0. The van der Waals surface area contributed by atoms with Crippen molar-refractivity contribution in [1.29, 1.82) is 0 Å². The maximum atomic E-state index is 12.1. The molecule has 0 amide bonds. The second-order valence-corrected chi connectivity index (χ2v) is 5.32. The van der Waals surface area contributed by atoms with Crippen LogP contribution in [0.4, 0.5) is 0 Å². The quantitative estimate of drug-likeness (QED) is 0.616. The first kappa shape index (κ1) is 13.8. The Morgan fingerprint density at radius 2 is 1.95 bits per heavy atom. The van der Waals surface area contributed by atoms with Crippen molar-refractivity contribution < 1.29 is 9.21 Å². The van der Waals surface area contributed by atoms with Gasteiger partial charge in [0.15, 0.2) is 5.78 Å². The third-order valence-electron chi connectivity index (χ3n) is 3.69. The van der Waals surface area contributed by atoms with Crippen molar-refractivity contribution in [1.82, 2.24) is 0 Å². The third-order valence-corrected chi connectivity index (χ3v) is 3.69. The maximum absolute atomic E-state index is 12.1. The van der Waals surface area contributed by atoms with Gasteiger partial charge >= 0.3 is 5.63 Å². The van der Waals surface area contributed by atoms with Crippen LogP contribution in [0.5, 0.6) is 0 Å². The molecule has 0 aromatic carbocycles. The second kappa shape index (κ2) is 6.00. The van der Waals surface area contributed by atoms with E-state index in [0.29, 0.717) is 17.2 Å². The lowest BCUT2D eigenvalue weighted by Crippen LogP contribution is -2.15. The Labute approximate surface area is 113 Å². The molecule has 1 fully saturated rings. The monoisotopic (exact) mass is 260 g/mol. The Morgan fingerprint density at radius 3 is 2.58 bits per heavy atom. The number of carbonyl (C=O) groups excluding carboxylic acids is 1. The minimum atomic E-state index is -0.532. The molecule has 1 aliphatic rings. The first-order chi connectivity index (χ1) is 9.08. The van der Waals surface area contributed by atoms with Gasteiger partial charge in [-0.1, -0.05) is 25.3 Å². The Hall–Kier alpha value is -1.64. The molecule has 1 heterocycles. The van der Waals surface area contributed by atoms with Crippen LogP contribution in [-0.2, 0) is 0 Å². The van der Waals surface area contributed by atoms with Gasteiger partial charge in [0.05, 0.1) is 0 Å². The van der Waals surface area contributed by atoms with Gasteiger partial charge in [0.1, 0.15) is 11.3 Å². The molecule has 0 atom stereocenters. The number of rotatable bonds is 3. The highest BCUT2D eigenvalue weighted by Gasteiger charge is 2.15. The summed E-state index contributed by atoms with van der Waals surface area (Å²) in [4.78, 5) is 23.8. The van der Waals surface area contributed by atoms with Crippen molar-refractivity contribution in [2.75, 3.05) is 0 Å². The molecule has 1 aromatic heterocycles. The van der Waals surface area contributed by atoms with Crippen LogP contribution in [0.25, 0.3) is 0 Å². The largest absolute Gasteiger partial charge is 0.428 e. The number of allylic oxidation sites excluding steroid dienone is 2. The van der Waals surface area contributed by atoms with E-state index in [9.17, 15) is 9.59 Å². The number of hydrogen-bond donors (Lipinski definition) is 0. The summed E-state index contributed by atoms with van der Waals surface area (Å²) in [6.07, 6.45) is 9.55. The van der Waals surface area contributed by atoms with Gasteiger partial charge in [-0.15, -0.1) is 0 Å². The molecule has 2 rings (SSSR count). The maximum Gasteiger partial charge on any atom is 0.347 e. The van der Waals surface area contributed by atoms with Crippen molar-refractivity contribution in [3.8, 4) is 0 Å². The van der Waals surface area contributed by atoms with Crippen LogP contribution < -0.4 is 5.63 Å². The Kier molecular flexibility index (Phi) is 4.35. The first-order valence-corrected chi connectivity index (χ1v) is 6.92. The van der Waals surface area contributed by atoms with Gasteiger partial charge in [0.2, 0.25) is 0 Å². The van der Waals surface area contributed by atoms with Gasteiger partial charge in [-0.25, -0.2) is 4.79 Å². The van der Waals surface area contributed by atoms with Crippen molar-refractivity contribution >= 4 is 5.78 Å². The molecule has 1 saturated carbocycles. The topological polar surface area (TPSA) is 47.3 Å². The molecule has 0 spiro atoms. The summed E-state index contributed by atoms with van der Waals surface area (Å²) < 4.78 is 4.99. The smallest absolute Gasteiger partial charge is 0.347 e. The van der Waals surface area contributed by atoms with Gasteiger partial charge in [0.25, 0.3) is 0 Å². The van der Waals surface area contributed by atoms with Crippen LogP contribution in [0.3, 0.4) is 0 Å². The summed E-state index contributed by atoms with van der Waals surface area (Å²) in [7, 11) is 0. The number of aryl methyl sites for hydroxylation is 2. The van der Waals surface area contributed by atoms with Crippen molar-refractivity contribution in [3.05, 3.63) is 45.5 Å². The average molecular weight is 260 g/mol. The third kappa shape index (κ3) is 3.43. The highest BCUT2D eigenvalue weighted by atomic mass is 16.4. The molecule has 0 bridgehead atoms. The molecule has 0 N–H and O–H groups in total. The number of hydrogen-bond acceptors (Lipinski definition) is 3. The molecular weight excluding hydrogens is 240 g/mol. The van der Waals surface area contributed by atoms with E-state index < -0.39 is 5.63 Å². The molecule has 3 nitrogen and oxygen atoms in total. The van der Waals surface area contributed by atoms with Gasteiger partial charge in [0, 0.05) is 0 Å². The van der Waals surface area contributed by atoms with Crippen LogP contribution in [0.15, 0.2) is 27.4 Å². The predicted molar refractivity (Wildman–Crippen MR) is 74.5 cm³/mol. The van der Waals surface area contributed by atoms with Crippen LogP contribution >= 0.6 is 0 Å². The van der Waals surface area contributed by atoms with E-state index in [1.165, 1.54) is 19.3 Å². The lowest BCUT2D eigenvalue weighted by molar-refractivity contribution is 0.104. The minimum absolute atomic E-state index is 0.164. The summed E-state index contributed by atoms with van der Waals surface area (Å²) in [6, 6.07) is 1.73. The summed E-state index contributed by atoms with van der Waals surface area (Å²) in [5.74, 6) is 0.780. The zero-order valence-electron chi connectivity index (χ0n) is 11.6. The molecule has 0 saturated heterocycles. The molecule has 3 heteroatoms. The normalized spacial score (nSPS) is 16.9. The zero-order valence-corrected chi connectivity index (χ0v) is 11.6. The molecule has 0 radical (unpaired) electrons. The standard InChI is InChI=1S/C16H20O3/c1-11-10-12(2)19-16(18)15(11)14(17)9-8-13-6-4-3-5-7-13/h8-10,13H,3-7H2,1-2H3/b9-8+. The fraction of sp³-hybridized carbons (Fsp3) is 0.500. The molecule has 1 aliphatic carbocycles. The lowest BCUT2D eigenvalue weighted by Gasteiger charge is -2.17. The van der Waals surface area contributed by atoms with Crippen LogP contribution in [0.1, 0.15) is 53.8 Å². The fourth-order valence-corrected chi connectivity index (χ4v) is 2.69. The first-order valence-electron chi connectivity index (χ1n) is 6.92. The van der Waals surface area contributed by atoms with Gasteiger partial charge in [-0.05, 0) is 50.3 Å². The van der Waals surface area contributed by atoms with E-state index >= 15 is 0 Å². The molecule has 1 aromatic rings. The van der Waals surface area contributed by atoms with Gasteiger partial charge < -0.3 is 4.42 Å². The van der Waals surface area contributed by atoms with Crippen molar-refractivity contribution in [2.45, 2.75) is 46.0 Å². The van der Waals surface area contributed by atoms with Crippen molar-refractivity contribution in [2.24, 2.45) is 5.92 Å². The highest BCUT2D eigenvalue weighted by molar-refractivity contribution is 6.05. The molecule has 0 aliphatic heterocycles. The van der Waals surface area contributed by atoms with Crippen LogP contribution in [0, 0.1) is 19.8 Å². The summed E-state index contributed by atoms with van der Waals surface area (Å²) in [5.41, 5.74) is 0.320. The summed E-state index contributed by atoms with van der Waals surface area (Å²) in [6.45, 7) is 3.48. The summed E-state index contributed by atoms with van der Waals surface area (Å²) >= 11 is 0. The fourth-order valence-electron chi connectivity index (χ4n) is 2.69.